The third kappa shape index (κ3) is 3.69. The Hall–Kier alpha value is -2.96. The molecule has 0 bridgehead atoms. The number of phenols is 1. The number of carbonyl (C=O) groups excluding carboxylic acids is 1. The molecule has 2 aromatic heterocycles. The molecule has 0 amide bonds. The van der Waals surface area contributed by atoms with Crippen molar-refractivity contribution in [1.82, 2.24) is 15.2 Å². The number of ketones is 1. The topological polar surface area (TPSA) is 90.9 Å². The predicted molar refractivity (Wildman–Crippen MR) is 108 cm³/mol. The number of H-pyrrole nitrogens is 1. The molecule has 3 N–H and O–H groups in total. The van der Waals surface area contributed by atoms with Crippen molar-refractivity contribution < 1.29 is 14.3 Å². The molecular weight excluding hydrogens is 359 g/mol. The van der Waals surface area contributed by atoms with Crippen molar-refractivity contribution >= 4 is 22.5 Å². The van der Waals surface area contributed by atoms with Crippen LogP contribution >= 0.6 is 0 Å². The largest absolute Gasteiger partial charge is 0.505 e. The lowest BCUT2D eigenvalue weighted by Gasteiger charge is -2.14. The second-order valence-electron chi connectivity index (χ2n) is 7.22. The van der Waals surface area contributed by atoms with Gasteiger partial charge in [-0.2, -0.15) is 5.10 Å². The minimum Gasteiger partial charge on any atom is -0.505 e. The van der Waals surface area contributed by atoms with E-state index in [1.807, 2.05) is 6.92 Å². The average molecular weight is 384 g/mol. The van der Waals surface area contributed by atoms with Crippen LogP contribution in [0.1, 0.15) is 50.2 Å². The number of carbonyl (C=O) groups is 1. The third-order valence-electron chi connectivity index (χ3n) is 4.64. The van der Waals surface area contributed by atoms with Crippen molar-refractivity contribution in [2.24, 2.45) is 5.92 Å². The van der Waals surface area contributed by atoms with Crippen LogP contribution in [0.5, 0.6) is 5.75 Å². The second-order valence-corrected chi connectivity index (χ2v) is 7.22. The fraction of sp³-hybridized carbons (Fsp3) is 0.381. The molecule has 2 heterocycles. The Morgan fingerprint density at radius 2 is 2.04 bits per heavy atom. The van der Waals surface area contributed by atoms with E-state index in [1.165, 1.54) is 12.1 Å². The summed E-state index contributed by atoms with van der Waals surface area (Å²) in [5.74, 6) is -0.231. The summed E-state index contributed by atoms with van der Waals surface area (Å²) in [4.78, 5) is 17.0. The second kappa shape index (κ2) is 7.96. The van der Waals surface area contributed by atoms with Crippen LogP contribution in [-0.2, 0) is 6.42 Å². The summed E-state index contributed by atoms with van der Waals surface area (Å²) >= 11 is 0. The molecule has 0 fully saturated rings. The number of hydrogen-bond acceptors (Lipinski definition) is 5. The Morgan fingerprint density at radius 1 is 1.29 bits per heavy atom. The van der Waals surface area contributed by atoms with Gasteiger partial charge in [0.15, 0.2) is 17.3 Å². The van der Waals surface area contributed by atoms with Gasteiger partial charge in [0.25, 0.3) is 0 Å². The number of phenolic OH excluding ortho intramolecular Hbond substituents is 1. The van der Waals surface area contributed by atoms with Gasteiger partial charge in [0.2, 0.25) is 0 Å². The van der Waals surface area contributed by atoms with Crippen molar-refractivity contribution in [3.63, 3.8) is 0 Å². The van der Waals surface area contributed by atoms with Crippen LogP contribution in [-0.4, -0.2) is 32.6 Å². The number of nitrogens with zero attached hydrogens (tertiary/aromatic N) is 2. The van der Waals surface area contributed by atoms with Crippen molar-refractivity contribution in [2.45, 2.75) is 40.5 Å². The van der Waals surface area contributed by atoms with E-state index in [0.29, 0.717) is 59.0 Å². The lowest BCUT2D eigenvalue weighted by Crippen LogP contribution is -2.11. The van der Waals surface area contributed by atoms with Gasteiger partial charge in [-0.15, -0.1) is 0 Å². The molecule has 6 nitrogen and oxygen atoms in total. The molecule has 0 aliphatic heterocycles. The van der Waals surface area contributed by atoms with Gasteiger partial charge in [-0.3, -0.25) is 9.89 Å². The van der Waals surface area contributed by atoms with Crippen LogP contribution in [0.2, 0.25) is 0 Å². The maximum Gasteiger partial charge on any atom is 0.183 e. The fourth-order valence-electron chi connectivity index (χ4n) is 3.12. The number of benzene rings is 1. The number of fused-ring (bicyclic) bond motifs is 1. The van der Waals surface area contributed by atoms with E-state index in [4.69, 9.17) is 4.98 Å². The van der Waals surface area contributed by atoms with E-state index in [1.54, 1.807) is 13.0 Å². The molecule has 0 saturated carbocycles. The molecule has 7 heteroatoms. The number of Topliss-reactive ketones (excluding diaryl/α,β-unsaturated/α-hetero) is 1. The van der Waals surface area contributed by atoms with Crippen LogP contribution in [0.4, 0.5) is 10.2 Å². The van der Waals surface area contributed by atoms with Crippen molar-refractivity contribution in [2.75, 3.05) is 11.9 Å². The molecule has 0 saturated heterocycles. The monoisotopic (exact) mass is 384 g/mol. The highest BCUT2D eigenvalue weighted by molar-refractivity contribution is 6.10. The van der Waals surface area contributed by atoms with Gasteiger partial charge in [0, 0.05) is 18.5 Å². The number of aryl methyl sites for hydroxylation is 1. The SMILES string of the molecule is CCC(=O)c1n[nH]c2cc(-c3cc(F)c(O)cc3CC)nc(NCC(C)C)c12. The van der Waals surface area contributed by atoms with Crippen molar-refractivity contribution in [1.29, 1.82) is 0 Å². The molecule has 1 aromatic carbocycles. The number of aromatic amines is 1. The maximum atomic E-state index is 14.0. The molecule has 0 aliphatic carbocycles. The Balaban J connectivity index is 2.23. The third-order valence-corrected chi connectivity index (χ3v) is 4.64. The van der Waals surface area contributed by atoms with Gasteiger partial charge in [-0.25, -0.2) is 9.37 Å². The molecule has 28 heavy (non-hydrogen) atoms. The Morgan fingerprint density at radius 3 is 2.68 bits per heavy atom. The van der Waals surface area contributed by atoms with E-state index < -0.39 is 5.82 Å². The number of rotatable bonds is 7. The molecular formula is C21H25FN4O2. The number of aromatic nitrogens is 3. The number of anilines is 1. The van der Waals surface area contributed by atoms with Gasteiger partial charge in [-0.1, -0.05) is 27.7 Å². The van der Waals surface area contributed by atoms with Gasteiger partial charge < -0.3 is 10.4 Å². The first-order valence-electron chi connectivity index (χ1n) is 9.53. The number of halogens is 1. The van der Waals surface area contributed by atoms with E-state index in [0.717, 1.165) is 5.56 Å². The highest BCUT2D eigenvalue weighted by Crippen LogP contribution is 2.33. The van der Waals surface area contributed by atoms with Gasteiger partial charge in [0.05, 0.1) is 16.6 Å². The number of pyridine rings is 1. The molecule has 0 atom stereocenters. The Bertz CT molecular complexity index is 1030. The fourth-order valence-corrected chi connectivity index (χ4v) is 3.12. The molecule has 0 radical (unpaired) electrons. The summed E-state index contributed by atoms with van der Waals surface area (Å²) in [6, 6.07) is 4.49. The predicted octanol–water partition coefficient (Wildman–Crippen LogP) is 4.69. The minimum absolute atomic E-state index is 0.0710. The normalized spacial score (nSPS) is 11.4. The zero-order valence-electron chi connectivity index (χ0n) is 16.6. The van der Waals surface area contributed by atoms with Gasteiger partial charge in [0.1, 0.15) is 11.5 Å². The van der Waals surface area contributed by atoms with E-state index in [9.17, 15) is 14.3 Å². The van der Waals surface area contributed by atoms with E-state index in [-0.39, 0.29) is 11.5 Å². The first-order valence-corrected chi connectivity index (χ1v) is 9.53. The summed E-state index contributed by atoms with van der Waals surface area (Å²) < 4.78 is 14.0. The molecule has 0 unspecified atom stereocenters. The summed E-state index contributed by atoms with van der Waals surface area (Å²) in [5, 5.41) is 20.8. The summed E-state index contributed by atoms with van der Waals surface area (Å²) in [6.45, 7) is 8.54. The Labute approximate surface area is 163 Å². The summed E-state index contributed by atoms with van der Waals surface area (Å²) in [7, 11) is 0. The van der Waals surface area contributed by atoms with Crippen LogP contribution in [0.25, 0.3) is 22.2 Å². The first-order chi connectivity index (χ1) is 13.3. The molecule has 0 aliphatic rings. The van der Waals surface area contributed by atoms with Crippen LogP contribution in [0.3, 0.4) is 0 Å². The molecule has 3 aromatic rings. The standard InChI is InChI=1S/C21H25FN4O2/c1-5-12-7-18(28)14(22)8-13(12)15-9-16-19(20(26-25-16)17(27)6-2)21(24-15)23-10-11(3)4/h7-9,11,28H,5-6,10H2,1-4H3,(H,23,24)(H,25,26). The smallest absolute Gasteiger partial charge is 0.183 e. The van der Waals surface area contributed by atoms with Gasteiger partial charge in [-0.05, 0) is 36.1 Å². The number of hydrogen-bond donors (Lipinski definition) is 3. The number of nitrogens with one attached hydrogen (secondary N) is 2. The summed E-state index contributed by atoms with van der Waals surface area (Å²) in [5.41, 5.74) is 2.95. The lowest BCUT2D eigenvalue weighted by atomic mass is 10.00. The Kier molecular flexibility index (Phi) is 5.63. The quantitative estimate of drug-likeness (QED) is 0.514. The van der Waals surface area contributed by atoms with Gasteiger partial charge >= 0.3 is 0 Å². The number of aromatic hydroxyl groups is 1. The van der Waals surface area contributed by atoms with E-state index in [2.05, 4.69) is 29.4 Å². The lowest BCUT2D eigenvalue weighted by molar-refractivity contribution is 0.0985. The molecule has 148 valence electrons. The molecule has 3 rings (SSSR count). The van der Waals surface area contributed by atoms with Crippen LogP contribution in [0.15, 0.2) is 18.2 Å². The zero-order chi connectivity index (χ0) is 20.4. The highest BCUT2D eigenvalue weighted by atomic mass is 19.1. The van der Waals surface area contributed by atoms with Crippen LogP contribution in [0, 0.1) is 11.7 Å². The van der Waals surface area contributed by atoms with Crippen molar-refractivity contribution in [3.05, 3.63) is 35.3 Å². The maximum absolute atomic E-state index is 14.0. The zero-order valence-corrected chi connectivity index (χ0v) is 16.6. The van der Waals surface area contributed by atoms with E-state index >= 15 is 0 Å². The minimum atomic E-state index is -0.697. The molecule has 0 spiro atoms. The highest BCUT2D eigenvalue weighted by Gasteiger charge is 2.20. The van der Waals surface area contributed by atoms with Crippen molar-refractivity contribution in [3.8, 4) is 17.0 Å². The summed E-state index contributed by atoms with van der Waals surface area (Å²) in [6.07, 6.45) is 0.953. The first kappa shape index (κ1) is 19.8. The van der Waals surface area contributed by atoms with Crippen LogP contribution < -0.4 is 5.32 Å². The average Bonchev–Trinajstić information content (AvgIpc) is 3.11.